The summed E-state index contributed by atoms with van der Waals surface area (Å²) in [6.07, 6.45) is 0.833. The average Bonchev–Trinajstić information content (AvgIpc) is 2.67. The largest absolute Gasteiger partial charge is 0.493 e. The van der Waals surface area contributed by atoms with E-state index in [4.69, 9.17) is 17.0 Å². The smallest absolute Gasteiger partial charge is 0.306 e. The Morgan fingerprint density at radius 3 is 2.56 bits per heavy atom. The number of carbonyl (C=O) groups excluding carboxylic acids is 2. The average molecular weight is 386 g/mol. The van der Waals surface area contributed by atoms with Gasteiger partial charge in [-0.25, -0.2) is 0 Å². The Labute approximate surface area is 163 Å². The van der Waals surface area contributed by atoms with Crippen LogP contribution in [-0.4, -0.2) is 30.7 Å². The molecule has 0 spiro atoms. The molecule has 2 aromatic carbocycles. The molecule has 2 rings (SSSR count). The van der Waals surface area contributed by atoms with E-state index in [-0.39, 0.29) is 23.9 Å². The standard InChI is InChI=1S/C20H22N2O4S/c1-25-19(24)11-10-18(23)22-20(27)21-16-8-5-9-17(14-16)26-13-12-15-6-3-2-4-7-15/h2-9,14H,10-13H2,1H3,(H2,21,22,23,27). The van der Waals surface area contributed by atoms with Crippen molar-refractivity contribution in [2.75, 3.05) is 19.0 Å². The van der Waals surface area contributed by atoms with Crippen LogP contribution in [-0.2, 0) is 20.7 Å². The lowest BCUT2D eigenvalue weighted by atomic mass is 10.2. The Balaban J connectivity index is 1.77. The van der Waals surface area contributed by atoms with Gasteiger partial charge < -0.3 is 20.1 Å². The number of benzene rings is 2. The third kappa shape index (κ3) is 7.87. The van der Waals surface area contributed by atoms with Gasteiger partial charge in [-0.1, -0.05) is 36.4 Å². The van der Waals surface area contributed by atoms with E-state index in [1.54, 1.807) is 6.07 Å². The molecule has 0 saturated heterocycles. The van der Waals surface area contributed by atoms with Crippen LogP contribution in [0, 0.1) is 0 Å². The Kier molecular flexibility index (Phi) is 8.25. The van der Waals surface area contributed by atoms with Gasteiger partial charge in [0.05, 0.1) is 20.1 Å². The maximum atomic E-state index is 11.7. The highest BCUT2D eigenvalue weighted by Gasteiger charge is 2.09. The number of hydrogen-bond donors (Lipinski definition) is 2. The van der Waals surface area contributed by atoms with E-state index >= 15 is 0 Å². The van der Waals surface area contributed by atoms with Crippen LogP contribution in [0.5, 0.6) is 5.75 Å². The van der Waals surface area contributed by atoms with Gasteiger partial charge in [-0.3, -0.25) is 9.59 Å². The summed E-state index contributed by atoms with van der Waals surface area (Å²) in [5.41, 5.74) is 1.91. The second kappa shape index (κ2) is 10.9. The quantitative estimate of drug-likeness (QED) is 0.536. The van der Waals surface area contributed by atoms with E-state index in [1.807, 2.05) is 36.4 Å². The van der Waals surface area contributed by atoms with Crippen LogP contribution >= 0.6 is 12.2 Å². The zero-order valence-corrected chi connectivity index (χ0v) is 15.9. The summed E-state index contributed by atoms with van der Waals surface area (Å²) in [5.74, 6) is -0.0895. The first-order valence-corrected chi connectivity index (χ1v) is 8.92. The first kappa shape index (κ1) is 20.4. The molecule has 7 heteroatoms. The highest BCUT2D eigenvalue weighted by atomic mass is 32.1. The fraction of sp³-hybridized carbons (Fsp3) is 0.250. The van der Waals surface area contributed by atoms with Crippen LogP contribution in [0.1, 0.15) is 18.4 Å². The SMILES string of the molecule is COC(=O)CCC(=O)NC(=S)Nc1cccc(OCCc2ccccc2)c1. The Hall–Kier alpha value is -2.93. The fourth-order valence-corrected chi connectivity index (χ4v) is 2.50. The van der Waals surface area contributed by atoms with Gasteiger partial charge in [-0.05, 0) is 29.9 Å². The number of hydrogen-bond acceptors (Lipinski definition) is 5. The van der Waals surface area contributed by atoms with Crippen LogP contribution in [0.3, 0.4) is 0 Å². The molecular formula is C20H22N2O4S. The lowest BCUT2D eigenvalue weighted by Gasteiger charge is -2.11. The zero-order valence-electron chi connectivity index (χ0n) is 15.1. The van der Waals surface area contributed by atoms with Crippen molar-refractivity contribution in [1.29, 1.82) is 0 Å². The molecule has 0 bridgehead atoms. The van der Waals surface area contributed by atoms with Crippen molar-refractivity contribution >= 4 is 34.9 Å². The van der Waals surface area contributed by atoms with Gasteiger partial charge in [-0.15, -0.1) is 0 Å². The van der Waals surface area contributed by atoms with Crippen molar-refractivity contribution in [2.45, 2.75) is 19.3 Å². The van der Waals surface area contributed by atoms with Crippen LogP contribution < -0.4 is 15.4 Å². The summed E-state index contributed by atoms with van der Waals surface area (Å²) < 4.78 is 10.3. The minimum Gasteiger partial charge on any atom is -0.493 e. The predicted octanol–water partition coefficient (Wildman–Crippen LogP) is 3.07. The van der Waals surface area contributed by atoms with Crippen LogP contribution in [0.25, 0.3) is 0 Å². The van der Waals surface area contributed by atoms with E-state index in [0.717, 1.165) is 6.42 Å². The lowest BCUT2D eigenvalue weighted by molar-refractivity contribution is -0.142. The van der Waals surface area contributed by atoms with Crippen LogP contribution in [0.4, 0.5) is 5.69 Å². The topological polar surface area (TPSA) is 76.7 Å². The molecule has 2 N–H and O–H groups in total. The van der Waals surface area contributed by atoms with Gasteiger partial charge in [0.15, 0.2) is 5.11 Å². The molecule has 0 radical (unpaired) electrons. The minimum absolute atomic E-state index is 0.00961. The number of carbonyl (C=O) groups is 2. The molecular weight excluding hydrogens is 364 g/mol. The second-order valence-corrected chi connectivity index (χ2v) is 6.10. The van der Waals surface area contributed by atoms with Gasteiger partial charge in [0, 0.05) is 24.6 Å². The van der Waals surface area contributed by atoms with Crippen molar-refractivity contribution in [3.8, 4) is 5.75 Å². The summed E-state index contributed by atoms with van der Waals surface area (Å²) in [4.78, 5) is 22.8. The summed E-state index contributed by atoms with van der Waals surface area (Å²) >= 11 is 5.12. The van der Waals surface area contributed by atoms with Crippen molar-refractivity contribution in [3.63, 3.8) is 0 Å². The zero-order chi connectivity index (χ0) is 19.5. The molecule has 0 atom stereocenters. The second-order valence-electron chi connectivity index (χ2n) is 5.69. The fourth-order valence-electron chi connectivity index (χ4n) is 2.26. The molecule has 2 aromatic rings. The number of thiocarbonyl (C=S) groups is 1. The number of methoxy groups -OCH3 is 1. The van der Waals surface area contributed by atoms with Crippen LogP contribution in [0.15, 0.2) is 54.6 Å². The van der Waals surface area contributed by atoms with Gasteiger partial charge in [-0.2, -0.15) is 0 Å². The number of amides is 1. The Bertz CT molecular complexity index is 781. The molecule has 0 aromatic heterocycles. The summed E-state index contributed by atoms with van der Waals surface area (Å²) in [7, 11) is 1.28. The summed E-state index contributed by atoms with van der Waals surface area (Å²) in [6.45, 7) is 0.558. The van der Waals surface area contributed by atoms with Crippen molar-refractivity contribution in [1.82, 2.24) is 5.32 Å². The molecule has 1 amide bonds. The maximum Gasteiger partial charge on any atom is 0.306 e. The number of nitrogens with one attached hydrogen (secondary N) is 2. The summed E-state index contributed by atoms with van der Waals surface area (Å²) in [6, 6.07) is 17.4. The molecule has 0 unspecified atom stereocenters. The van der Waals surface area contributed by atoms with E-state index in [0.29, 0.717) is 18.0 Å². The Morgan fingerprint density at radius 1 is 1.04 bits per heavy atom. The highest BCUT2D eigenvalue weighted by Crippen LogP contribution is 2.17. The van der Waals surface area contributed by atoms with Gasteiger partial charge >= 0.3 is 5.97 Å². The lowest BCUT2D eigenvalue weighted by Crippen LogP contribution is -2.34. The molecule has 0 saturated carbocycles. The van der Waals surface area contributed by atoms with E-state index in [1.165, 1.54) is 12.7 Å². The molecule has 0 fully saturated rings. The number of ether oxygens (including phenoxy) is 2. The Morgan fingerprint density at radius 2 is 1.81 bits per heavy atom. The third-order valence-electron chi connectivity index (χ3n) is 3.63. The monoisotopic (exact) mass is 386 g/mol. The molecule has 27 heavy (non-hydrogen) atoms. The molecule has 6 nitrogen and oxygen atoms in total. The highest BCUT2D eigenvalue weighted by molar-refractivity contribution is 7.80. The number of rotatable bonds is 8. The van der Waals surface area contributed by atoms with E-state index < -0.39 is 5.97 Å². The van der Waals surface area contributed by atoms with Gasteiger partial charge in [0.2, 0.25) is 5.91 Å². The van der Waals surface area contributed by atoms with Crippen molar-refractivity contribution in [3.05, 3.63) is 60.2 Å². The molecule has 0 heterocycles. The molecule has 0 aliphatic rings. The van der Waals surface area contributed by atoms with Gasteiger partial charge in [0.1, 0.15) is 5.75 Å². The van der Waals surface area contributed by atoms with Crippen molar-refractivity contribution < 1.29 is 19.1 Å². The van der Waals surface area contributed by atoms with Crippen molar-refractivity contribution in [2.24, 2.45) is 0 Å². The minimum atomic E-state index is -0.440. The normalized spacial score (nSPS) is 9.96. The molecule has 0 aliphatic carbocycles. The third-order valence-corrected chi connectivity index (χ3v) is 3.84. The predicted molar refractivity (Wildman–Crippen MR) is 108 cm³/mol. The van der Waals surface area contributed by atoms with E-state index in [2.05, 4.69) is 27.5 Å². The first-order chi connectivity index (χ1) is 13.1. The number of esters is 1. The van der Waals surface area contributed by atoms with Crippen LogP contribution in [0.2, 0.25) is 0 Å². The first-order valence-electron chi connectivity index (χ1n) is 8.51. The molecule has 0 aliphatic heterocycles. The van der Waals surface area contributed by atoms with Gasteiger partial charge in [0.25, 0.3) is 0 Å². The molecule has 142 valence electrons. The number of anilines is 1. The maximum absolute atomic E-state index is 11.7. The summed E-state index contributed by atoms with van der Waals surface area (Å²) in [5, 5.41) is 5.61. The van der Waals surface area contributed by atoms with E-state index in [9.17, 15) is 9.59 Å².